The number of aliphatic hydroxyl groups is 2. The van der Waals surface area contributed by atoms with Gasteiger partial charge in [0.25, 0.3) is 0 Å². The molecule has 2 atom stereocenters. The highest BCUT2D eigenvalue weighted by atomic mass is 16.4. The van der Waals surface area contributed by atoms with Crippen molar-refractivity contribution in [3.05, 3.63) is 0 Å². The van der Waals surface area contributed by atoms with Gasteiger partial charge in [-0.1, -0.05) is 0 Å². The molecular weight excluding hydrogens is 190 g/mol. The van der Waals surface area contributed by atoms with Crippen molar-refractivity contribution in [2.45, 2.75) is 25.0 Å². The van der Waals surface area contributed by atoms with Gasteiger partial charge >= 0.3 is 5.97 Å². The molecule has 2 unspecified atom stereocenters. The molecule has 6 heteroatoms. The number of hydrogen-bond acceptors (Lipinski definition) is 4. The van der Waals surface area contributed by atoms with Gasteiger partial charge in [0.15, 0.2) is 0 Å². The zero-order chi connectivity index (χ0) is 10.7. The summed E-state index contributed by atoms with van der Waals surface area (Å²) >= 11 is 0. The van der Waals surface area contributed by atoms with Gasteiger partial charge in [-0.05, 0) is 0 Å². The predicted octanol–water partition coefficient (Wildman–Crippen LogP) is -1.58. The Balaban J connectivity index is 2.36. The van der Waals surface area contributed by atoms with E-state index < -0.39 is 18.2 Å². The van der Waals surface area contributed by atoms with Crippen molar-refractivity contribution >= 4 is 11.9 Å². The molecule has 0 bridgehead atoms. The van der Waals surface area contributed by atoms with Gasteiger partial charge in [0.05, 0.1) is 18.6 Å². The summed E-state index contributed by atoms with van der Waals surface area (Å²) in [5, 5.41) is 26.6. The Hall–Kier alpha value is -1.14. The van der Waals surface area contributed by atoms with E-state index in [-0.39, 0.29) is 31.8 Å². The summed E-state index contributed by atoms with van der Waals surface area (Å²) in [6.45, 7) is 0.166. The van der Waals surface area contributed by atoms with Gasteiger partial charge < -0.3 is 20.2 Å². The summed E-state index contributed by atoms with van der Waals surface area (Å²) in [5.41, 5.74) is 0. The molecule has 0 aliphatic carbocycles. The van der Waals surface area contributed by atoms with E-state index >= 15 is 0 Å². The third-order valence-corrected chi connectivity index (χ3v) is 2.16. The van der Waals surface area contributed by atoms with Crippen LogP contribution in [0, 0.1) is 0 Å². The summed E-state index contributed by atoms with van der Waals surface area (Å²) in [5.74, 6) is -1.37. The molecule has 1 aliphatic rings. The summed E-state index contributed by atoms with van der Waals surface area (Å²) in [4.78, 5) is 22.7. The SMILES string of the molecule is O=C(O)CCC(=O)N1CC(O)C(O)C1. The topological polar surface area (TPSA) is 98.1 Å². The van der Waals surface area contributed by atoms with Crippen LogP contribution in [0.3, 0.4) is 0 Å². The zero-order valence-corrected chi connectivity index (χ0v) is 7.59. The van der Waals surface area contributed by atoms with Crippen LogP contribution < -0.4 is 0 Å². The van der Waals surface area contributed by atoms with E-state index in [0.29, 0.717) is 0 Å². The summed E-state index contributed by atoms with van der Waals surface area (Å²) in [7, 11) is 0. The highest BCUT2D eigenvalue weighted by Crippen LogP contribution is 2.11. The summed E-state index contributed by atoms with van der Waals surface area (Å²) in [6, 6.07) is 0. The number of carboxylic acid groups (broad SMARTS) is 1. The van der Waals surface area contributed by atoms with Crippen molar-refractivity contribution in [2.24, 2.45) is 0 Å². The predicted molar refractivity (Wildman–Crippen MR) is 45.5 cm³/mol. The average molecular weight is 203 g/mol. The third kappa shape index (κ3) is 2.68. The minimum Gasteiger partial charge on any atom is -0.481 e. The van der Waals surface area contributed by atoms with Crippen molar-refractivity contribution in [3.63, 3.8) is 0 Å². The minimum absolute atomic E-state index is 0.0830. The van der Waals surface area contributed by atoms with E-state index in [1.165, 1.54) is 4.90 Å². The molecule has 3 N–H and O–H groups in total. The summed E-state index contributed by atoms with van der Waals surface area (Å²) in [6.07, 6.45) is -2.14. The molecule has 1 saturated heterocycles. The van der Waals surface area contributed by atoms with Crippen molar-refractivity contribution < 1.29 is 24.9 Å². The number of amides is 1. The molecule has 1 amide bonds. The standard InChI is InChI=1S/C8H13NO5/c10-5-3-9(4-6(5)11)7(12)1-2-8(13)14/h5-6,10-11H,1-4H2,(H,13,14). The molecule has 0 radical (unpaired) electrons. The number of likely N-dealkylation sites (tertiary alicyclic amines) is 1. The number of carboxylic acids is 1. The maximum absolute atomic E-state index is 11.3. The molecule has 1 rings (SSSR count). The van der Waals surface area contributed by atoms with Crippen molar-refractivity contribution in [3.8, 4) is 0 Å². The van der Waals surface area contributed by atoms with Crippen LogP contribution in [0.1, 0.15) is 12.8 Å². The fourth-order valence-corrected chi connectivity index (χ4v) is 1.35. The highest BCUT2D eigenvalue weighted by Gasteiger charge is 2.32. The Morgan fingerprint density at radius 3 is 2.07 bits per heavy atom. The molecule has 1 heterocycles. The molecule has 0 aromatic heterocycles. The second-order valence-corrected chi connectivity index (χ2v) is 3.33. The lowest BCUT2D eigenvalue weighted by atomic mass is 10.3. The first-order chi connectivity index (χ1) is 6.50. The summed E-state index contributed by atoms with van der Waals surface area (Å²) < 4.78 is 0. The number of carbonyl (C=O) groups is 2. The van der Waals surface area contributed by atoms with Crippen molar-refractivity contribution in [1.82, 2.24) is 4.90 Å². The van der Waals surface area contributed by atoms with E-state index in [4.69, 9.17) is 15.3 Å². The van der Waals surface area contributed by atoms with Crippen LogP contribution >= 0.6 is 0 Å². The molecule has 0 spiro atoms. The molecular formula is C8H13NO5. The van der Waals surface area contributed by atoms with Gasteiger partial charge in [-0.15, -0.1) is 0 Å². The van der Waals surface area contributed by atoms with Crippen LogP contribution in [0.4, 0.5) is 0 Å². The fourth-order valence-electron chi connectivity index (χ4n) is 1.35. The Morgan fingerprint density at radius 2 is 1.64 bits per heavy atom. The molecule has 80 valence electrons. The number of aliphatic hydroxyl groups excluding tert-OH is 2. The highest BCUT2D eigenvalue weighted by molar-refractivity contribution is 5.81. The Bertz CT molecular complexity index is 232. The number of carbonyl (C=O) groups excluding carboxylic acids is 1. The lowest BCUT2D eigenvalue weighted by Crippen LogP contribution is -2.30. The Labute approximate surface area is 80.8 Å². The maximum Gasteiger partial charge on any atom is 0.303 e. The number of nitrogens with zero attached hydrogens (tertiary/aromatic N) is 1. The van der Waals surface area contributed by atoms with Crippen molar-refractivity contribution in [2.75, 3.05) is 13.1 Å². The first-order valence-corrected chi connectivity index (χ1v) is 4.36. The molecule has 0 aromatic carbocycles. The Kier molecular flexibility index (Phi) is 3.43. The van der Waals surface area contributed by atoms with Crippen molar-refractivity contribution in [1.29, 1.82) is 0 Å². The molecule has 14 heavy (non-hydrogen) atoms. The van der Waals surface area contributed by atoms with Gasteiger partial charge in [0, 0.05) is 19.5 Å². The van der Waals surface area contributed by atoms with E-state index in [1.807, 2.05) is 0 Å². The quantitative estimate of drug-likeness (QED) is 0.514. The van der Waals surface area contributed by atoms with E-state index in [1.54, 1.807) is 0 Å². The minimum atomic E-state index is -1.03. The molecule has 6 nitrogen and oxygen atoms in total. The number of hydrogen-bond donors (Lipinski definition) is 3. The van der Waals surface area contributed by atoms with Crippen LogP contribution in [-0.4, -0.2) is 57.4 Å². The van der Waals surface area contributed by atoms with Gasteiger partial charge in [-0.2, -0.15) is 0 Å². The second-order valence-electron chi connectivity index (χ2n) is 3.33. The second kappa shape index (κ2) is 4.39. The van der Waals surface area contributed by atoms with Gasteiger partial charge in [-0.3, -0.25) is 9.59 Å². The third-order valence-electron chi connectivity index (χ3n) is 2.16. The smallest absolute Gasteiger partial charge is 0.303 e. The van der Waals surface area contributed by atoms with Crippen LogP contribution in [0.25, 0.3) is 0 Å². The number of β-amino-alcohol motifs (C(OH)–C–C–N with tert-alkyl or cyclic N) is 2. The zero-order valence-electron chi connectivity index (χ0n) is 7.59. The van der Waals surface area contributed by atoms with Crippen LogP contribution in [0.5, 0.6) is 0 Å². The van der Waals surface area contributed by atoms with Crippen LogP contribution in [0.2, 0.25) is 0 Å². The number of rotatable bonds is 3. The van der Waals surface area contributed by atoms with E-state index in [2.05, 4.69) is 0 Å². The molecule has 0 aromatic rings. The van der Waals surface area contributed by atoms with Gasteiger partial charge in [0.2, 0.25) is 5.91 Å². The molecule has 1 fully saturated rings. The normalized spacial score (nSPS) is 26.6. The molecule has 1 aliphatic heterocycles. The number of aliphatic carboxylic acids is 1. The van der Waals surface area contributed by atoms with Gasteiger partial charge in [0.1, 0.15) is 0 Å². The lowest BCUT2D eigenvalue weighted by molar-refractivity contribution is -0.140. The average Bonchev–Trinajstić information content (AvgIpc) is 2.43. The van der Waals surface area contributed by atoms with E-state index in [9.17, 15) is 9.59 Å². The first kappa shape index (κ1) is 10.9. The first-order valence-electron chi connectivity index (χ1n) is 4.36. The van der Waals surface area contributed by atoms with Gasteiger partial charge in [-0.25, -0.2) is 0 Å². The largest absolute Gasteiger partial charge is 0.481 e. The van der Waals surface area contributed by atoms with E-state index in [0.717, 1.165) is 0 Å². The fraction of sp³-hybridized carbons (Fsp3) is 0.750. The monoisotopic (exact) mass is 203 g/mol. The maximum atomic E-state index is 11.3. The lowest BCUT2D eigenvalue weighted by Gasteiger charge is -2.14. The molecule has 0 saturated carbocycles. The van der Waals surface area contributed by atoms with Crippen LogP contribution in [0.15, 0.2) is 0 Å². The van der Waals surface area contributed by atoms with Crippen LogP contribution in [-0.2, 0) is 9.59 Å². The Morgan fingerprint density at radius 1 is 1.14 bits per heavy atom.